The third-order valence-corrected chi connectivity index (χ3v) is 1.74. The summed E-state index contributed by atoms with van der Waals surface area (Å²) in [6.45, 7) is 9.74. The molecule has 11 heavy (non-hydrogen) atoms. The minimum Gasteiger partial charge on any atom is -0.550 e. The first-order valence-corrected chi connectivity index (χ1v) is 7.19. The average Bonchev–Trinajstić information content (AvgIpc) is 1.55. The summed E-state index contributed by atoms with van der Waals surface area (Å²) in [6, 6.07) is 0. The largest absolute Gasteiger partial charge is 0.550 e. The Balaban J connectivity index is 3.80. The molecule has 2 nitrogen and oxygen atoms in total. The van der Waals surface area contributed by atoms with Gasteiger partial charge in [-0.05, 0) is 39.6 Å². The van der Waals surface area contributed by atoms with Crippen molar-refractivity contribution in [2.24, 2.45) is 0 Å². The molecule has 0 aromatic carbocycles. The van der Waals surface area contributed by atoms with Crippen LogP contribution in [0.5, 0.6) is 0 Å². The highest BCUT2D eigenvalue weighted by Gasteiger charge is 2.14. The van der Waals surface area contributed by atoms with Crippen LogP contribution < -0.4 is 0 Å². The molecule has 0 saturated carbocycles. The number of hydrogen-bond acceptors (Lipinski definition) is 2. The first-order valence-electron chi connectivity index (χ1n) is 3.79. The summed E-state index contributed by atoms with van der Waals surface area (Å²) in [5.41, 5.74) is -0.764. The predicted octanol–water partition coefficient (Wildman–Crippen LogP) is 2.12. The van der Waals surface area contributed by atoms with E-state index >= 15 is 0 Å². The molecule has 0 amide bonds. The van der Waals surface area contributed by atoms with Gasteiger partial charge < -0.3 is 9.53 Å². The molecule has 0 aliphatic rings. The molecule has 0 spiro atoms. The Morgan fingerprint density at radius 2 is 1.73 bits per heavy atom. The molecule has 0 aromatic rings. The van der Waals surface area contributed by atoms with E-state index in [9.17, 15) is 5.11 Å². The quantitative estimate of drug-likeness (QED) is 0.524. The van der Waals surface area contributed by atoms with Crippen LogP contribution in [0.2, 0.25) is 19.6 Å². The highest BCUT2D eigenvalue weighted by Crippen LogP contribution is 2.06. The molecule has 0 fully saturated rings. The van der Waals surface area contributed by atoms with Gasteiger partial charge in [-0.3, -0.25) is 0 Å². The van der Waals surface area contributed by atoms with E-state index in [4.69, 9.17) is 4.43 Å². The van der Waals surface area contributed by atoms with Crippen LogP contribution in [0.4, 0.5) is 0 Å². The van der Waals surface area contributed by atoms with Crippen LogP contribution in [0.1, 0.15) is 13.8 Å². The zero-order chi connectivity index (χ0) is 9.12. The van der Waals surface area contributed by atoms with Gasteiger partial charge in [-0.2, -0.15) is 0 Å². The van der Waals surface area contributed by atoms with Gasteiger partial charge in [0.25, 0.3) is 0 Å². The van der Waals surface area contributed by atoms with Gasteiger partial charge in [-0.25, -0.2) is 0 Å². The molecule has 0 radical (unpaired) electrons. The molecule has 0 atom stereocenters. The Morgan fingerprint density at radius 3 is 2.00 bits per heavy atom. The summed E-state index contributed by atoms with van der Waals surface area (Å²) in [6.07, 6.45) is 3.26. The van der Waals surface area contributed by atoms with Crippen molar-refractivity contribution >= 4 is 8.32 Å². The van der Waals surface area contributed by atoms with E-state index in [2.05, 4.69) is 19.6 Å². The smallest absolute Gasteiger partial charge is 0.241 e. The van der Waals surface area contributed by atoms with Crippen LogP contribution in [0.15, 0.2) is 12.3 Å². The first kappa shape index (κ1) is 10.7. The molecule has 0 saturated heterocycles. The lowest BCUT2D eigenvalue weighted by molar-refractivity contribution is 0.131. The fourth-order valence-electron chi connectivity index (χ4n) is 0.405. The van der Waals surface area contributed by atoms with Crippen molar-refractivity contribution in [1.82, 2.24) is 0 Å². The van der Waals surface area contributed by atoms with Crippen molar-refractivity contribution < 1.29 is 9.53 Å². The number of aliphatic hydroxyl groups is 1. The maximum Gasteiger partial charge on any atom is 0.241 e. The zero-order valence-corrected chi connectivity index (χ0v) is 9.01. The van der Waals surface area contributed by atoms with Gasteiger partial charge in [-0.15, -0.1) is 0 Å². The van der Waals surface area contributed by atoms with Crippen molar-refractivity contribution in [3.05, 3.63) is 12.3 Å². The molecule has 0 heterocycles. The molecule has 0 unspecified atom stereocenters. The second kappa shape index (κ2) is 3.41. The lowest BCUT2D eigenvalue weighted by atomic mass is 10.1. The Morgan fingerprint density at radius 1 is 1.27 bits per heavy atom. The summed E-state index contributed by atoms with van der Waals surface area (Å²) in [5, 5.41) is 9.26. The standard InChI is InChI=1S/C8H18O2Si/c1-8(2,9)6-7-10-11(3,4)5/h6-7,9H,1-5H3/b7-6+. The summed E-state index contributed by atoms with van der Waals surface area (Å²) in [4.78, 5) is 0. The van der Waals surface area contributed by atoms with Crippen LogP contribution in [-0.2, 0) is 4.43 Å². The van der Waals surface area contributed by atoms with E-state index in [1.807, 2.05) is 0 Å². The third kappa shape index (κ3) is 9.72. The van der Waals surface area contributed by atoms with Crippen molar-refractivity contribution in [2.75, 3.05) is 0 Å². The molecule has 1 N–H and O–H groups in total. The topological polar surface area (TPSA) is 29.5 Å². The molecule has 3 heteroatoms. The molecule has 0 bridgehead atoms. The van der Waals surface area contributed by atoms with Crippen LogP contribution in [-0.4, -0.2) is 19.0 Å². The van der Waals surface area contributed by atoms with Gasteiger partial charge in [-0.1, -0.05) is 0 Å². The van der Waals surface area contributed by atoms with E-state index in [1.165, 1.54) is 0 Å². The molecule has 0 aromatic heterocycles. The first-order chi connectivity index (χ1) is 4.71. The predicted molar refractivity (Wildman–Crippen MR) is 49.9 cm³/mol. The molecule has 0 aliphatic heterocycles. The highest BCUT2D eigenvalue weighted by molar-refractivity contribution is 6.69. The summed E-state index contributed by atoms with van der Waals surface area (Å²) >= 11 is 0. The van der Waals surface area contributed by atoms with Gasteiger partial charge in [0, 0.05) is 0 Å². The molecule has 66 valence electrons. The van der Waals surface area contributed by atoms with E-state index in [-0.39, 0.29) is 0 Å². The molecule has 0 rings (SSSR count). The van der Waals surface area contributed by atoms with Crippen molar-refractivity contribution in [3.63, 3.8) is 0 Å². The second-order valence-electron chi connectivity index (χ2n) is 4.19. The highest BCUT2D eigenvalue weighted by atomic mass is 28.4. The van der Waals surface area contributed by atoms with Crippen LogP contribution >= 0.6 is 0 Å². The van der Waals surface area contributed by atoms with E-state index in [0.29, 0.717) is 0 Å². The maximum atomic E-state index is 9.26. The van der Waals surface area contributed by atoms with Gasteiger partial charge in [0.1, 0.15) is 0 Å². The Bertz CT molecular complexity index is 139. The van der Waals surface area contributed by atoms with Crippen molar-refractivity contribution in [1.29, 1.82) is 0 Å². The minimum absolute atomic E-state index is 0.764. The van der Waals surface area contributed by atoms with Crippen molar-refractivity contribution in [2.45, 2.75) is 39.1 Å². The van der Waals surface area contributed by atoms with Gasteiger partial charge in [0.15, 0.2) is 0 Å². The van der Waals surface area contributed by atoms with Crippen LogP contribution in [0.25, 0.3) is 0 Å². The molecule has 0 aliphatic carbocycles. The van der Waals surface area contributed by atoms with E-state index < -0.39 is 13.9 Å². The maximum absolute atomic E-state index is 9.26. The Labute approximate surface area is 70.0 Å². The van der Waals surface area contributed by atoms with E-state index in [0.717, 1.165) is 0 Å². The van der Waals surface area contributed by atoms with Gasteiger partial charge >= 0.3 is 0 Å². The lowest BCUT2D eigenvalue weighted by Gasteiger charge is -2.17. The SMILES string of the molecule is CC(C)(O)/C=C/O[Si](C)(C)C. The summed E-state index contributed by atoms with van der Waals surface area (Å²) in [5.74, 6) is 0. The summed E-state index contributed by atoms with van der Waals surface area (Å²) in [7, 11) is -1.45. The second-order valence-corrected chi connectivity index (χ2v) is 8.65. The zero-order valence-electron chi connectivity index (χ0n) is 8.01. The fourth-order valence-corrected chi connectivity index (χ4v) is 0.881. The summed E-state index contributed by atoms with van der Waals surface area (Å²) < 4.78 is 5.40. The number of hydrogen-bond donors (Lipinski definition) is 1. The monoisotopic (exact) mass is 174 g/mol. The molecular weight excluding hydrogens is 156 g/mol. The normalized spacial score (nSPS) is 14.0. The fraction of sp³-hybridized carbons (Fsp3) is 0.750. The number of rotatable bonds is 3. The Hall–Kier alpha value is -0.283. The average molecular weight is 174 g/mol. The lowest BCUT2D eigenvalue weighted by Crippen LogP contribution is -2.23. The third-order valence-electron chi connectivity index (χ3n) is 0.898. The Kier molecular flexibility index (Phi) is 3.32. The minimum atomic E-state index is -1.45. The van der Waals surface area contributed by atoms with Gasteiger partial charge in [0.05, 0.1) is 11.9 Å². The van der Waals surface area contributed by atoms with Crippen molar-refractivity contribution in [3.8, 4) is 0 Å². The van der Waals surface area contributed by atoms with Crippen LogP contribution in [0, 0.1) is 0 Å². The van der Waals surface area contributed by atoms with Crippen LogP contribution in [0.3, 0.4) is 0 Å². The van der Waals surface area contributed by atoms with E-state index in [1.54, 1.807) is 26.2 Å². The van der Waals surface area contributed by atoms with Gasteiger partial charge in [0.2, 0.25) is 8.32 Å². The molecular formula is C8H18O2Si.